The van der Waals surface area contributed by atoms with Gasteiger partial charge in [0.15, 0.2) is 6.61 Å². The van der Waals surface area contributed by atoms with Crippen LogP contribution in [0.25, 0.3) is 5.69 Å². The molecule has 0 aliphatic carbocycles. The van der Waals surface area contributed by atoms with Crippen molar-refractivity contribution in [1.29, 1.82) is 0 Å². The lowest BCUT2D eigenvalue weighted by molar-refractivity contribution is -0.154. The zero-order chi connectivity index (χ0) is 13.2. The molecule has 0 aliphatic rings. The Morgan fingerprint density at radius 1 is 1.33 bits per heavy atom. The van der Waals surface area contributed by atoms with E-state index in [2.05, 4.69) is 14.7 Å². The molecule has 4 nitrogen and oxygen atoms in total. The SMILES string of the molecule is Cc1cn(-c2cccnc2OCC(F)(F)F)cn1. The van der Waals surface area contributed by atoms with E-state index < -0.39 is 12.8 Å². The molecule has 7 heteroatoms. The van der Waals surface area contributed by atoms with Crippen molar-refractivity contribution in [2.75, 3.05) is 6.61 Å². The smallest absolute Gasteiger partial charge is 0.422 e. The van der Waals surface area contributed by atoms with Gasteiger partial charge in [0.2, 0.25) is 5.88 Å². The van der Waals surface area contributed by atoms with Crippen molar-refractivity contribution in [1.82, 2.24) is 14.5 Å². The number of rotatable bonds is 3. The number of aromatic nitrogens is 3. The molecular formula is C11H10F3N3O. The molecule has 0 aliphatic heterocycles. The van der Waals surface area contributed by atoms with Gasteiger partial charge in [-0.25, -0.2) is 9.97 Å². The van der Waals surface area contributed by atoms with Crippen LogP contribution in [0.4, 0.5) is 13.2 Å². The molecule has 0 amide bonds. The lowest BCUT2D eigenvalue weighted by atomic mass is 10.4. The van der Waals surface area contributed by atoms with Crippen LogP contribution in [0.1, 0.15) is 5.69 Å². The quantitative estimate of drug-likeness (QED) is 0.848. The van der Waals surface area contributed by atoms with Crippen LogP contribution in [-0.4, -0.2) is 27.3 Å². The van der Waals surface area contributed by atoms with E-state index in [0.717, 1.165) is 5.69 Å². The van der Waals surface area contributed by atoms with Crippen LogP contribution in [0.2, 0.25) is 0 Å². The highest BCUT2D eigenvalue weighted by molar-refractivity contribution is 5.41. The van der Waals surface area contributed by atoms with Crippen molar-refractivity contribution >= 4 is 0 Å². The number of hydrogen-bond acceptors (Lipinski definition) is 3. The van der Waals surface area contributed by atoms with Gasteiger partial charge in [-0.15, -0.1) is 0 Å². The maximum atomic E-state index is 12.1. The Labute approximate surface area is 101 Å². The summed E-state index contributed by atoms with van der Waals surface area (Å²) in [4.78, 5) is 7.80. The van der Waals surface area contributed by atoms with E-state index in [1.807, 2.05) is 0 Å². The van der Waals surface area contributed by atoms with Gasteiger partial charge < -0.3 is 9.30 Å². The third-order valence-corrected chi connectivity index (χ3v) is 2.11. The van der Waals surface area contributed by atoms with Gasteiger partial charge in [0.05, 0.1) is 12.0 Å². The molecule has 2 aromatic heterocycles. The number of alkyl halides is 3. The minimum absolute atomic E-state index is 0.0766. The van der Waals surface area contributed by atoms with E-state index in [1.54, 1.807) is 29.8 Å². The first-order chi connectivity index (χ1) is 8.46. The van der Waals surface area contributed by atoms with Crippen molar-refractivity contribution < 1.29 is 17.9 Å². The summed E-state index contributed by atoms with van der Waals surface area (Å²) in [5.41, 5.74) is 1.17. The van der Waals surface area contributed by atoms with E-state index in [9.17, 15) is 13.2 Å². The third-order valence-electron chi connectivity index (χ3n) is 2.11. The Morgan fingerprint density at radius 3 is 2.72 bits per heavy atom. The lowest BCUT2D eigenvalue weighted by Crippen LogP contribution is -2.20. The molecule has 0 saturated carbocycles. The van der Waals surface area contributed by atoms with Crippen LogP contribution in [-0.2, 0) is 0 Å². The summed E-state index contributed by atoms with van der Waals surface area (Å²) in [6.45, 7) is 0.411. The minimum Gasteiger partial charge on any atom is -0.467 e. The highest BCUT2D eigenvalue weighted by Gasteiger charge is 2.29. The Balaban J connectivity index is 2.26. The van der Waals surface area contributed by atoms with Crippen molar-refractivity contribution in [2.45, 2.75) is 13.1 Å². The van der Waals surface area contributed by atoms with E-state index in [-0.39, 0.29) is 5.88 Å². The van der Waals surface area contributed by atoms with Crippen LogP contribution in [0.5, 0.6) is 5.88 Å². The number of hydrogen-bond donors (Lipinski definition) is 0. The van der Waals surface area contributed by atoms with Crippen LogP contribution in [0.3, 0.4) is 0 Å². The molecule has 96 valence electrons. The second kappa shape index (κ2) is 4.67. The van der Waals surface area contributed by atoms with Crippen molar-refractivity contribution in [2.24, 2.45) is 0 Å². The van der Waals surface area contributed by atoms with Gasteiger partial charge in [0.1, 0.15) is 5.69 Å². The Kier molecular flexibility index (Phi) is 3.22. The van der Waals surface area contributed by atoms with Crippen molar-refractivity contribution in [3.8, 4) is 11.6 Å². The fraction of sp³-hybridized carbons (Fsp3) is 0.273. The monoisotopic (exact) mass is 257 g/mol. The maximum absolute atomic E-state index is 12.1. The first-order valence-corrected chi connectivity index (χ1v) is 5.11. The molecule has 0 bridgehead atoms. The van der Waals surface area contributed by atoms with E-state index >= 15 is 0 Å². The summed E-state index contributed by atoms with van der Waals surface area (Å²) in [7, 11) is 0. The number of nitrogens with zero attached hydrogens (tertiary/aromatic N) is 3. The van der Waals surface area contributed by atoms with Crippen molar-refractivity contribution in [3.05, 3.63) is 36.5 Å². The highest BCUT2D eigenvalue weighted by Crippen LogP contribution is 2.22. The predicted octanol–water partition coefficient (Wildman–Crippen LogP) is 2.52. The summed E-state index contributed by atoms with van der Waals surface area (Å²) in [6, 6.07) is 3.23. The summed E-state index contributed by atoms with van der Waals surface area (Å²) < 4.78 is 42.6. The summed E-state index contributed by atoms with van der Waals surface area (Å²) in [5, 5.41) is 0. The largest absolute Gasteiger partial charge is 0.467 e. The van der Waals surface area contributed by atoms with Crippen LogP contribution in [0.15, 0.2) is 30.9 Å². The van der Waals surface area contributed by atoms with Gasteiger partial charge >= 0.3 is 6.18 Å². The molecule has 0 saturated heterocycles. The van der Waals surface area contributed by atoms with Gasteiger partial charge in [-0.1, -0.05) is 0 Å². The Bertz CT molecular complexity index is 536. The molecule has 0 spiro atoms. The molecule has 2 aromatic rings. The molecule has 0 unspecified atom stereocenters. The minimum atomic E-state index is -4.39. The average molecular weight is 257 g/mol. The van der Waals surface area contributed by atoms with E-state index in [4.69, 9.17) is 0 Å². The molecule has 0 aromatic carbocycles. The Morgan fingerprint density at radius 2 is 2.11 bits per heavy atom. The lowest BCUT2D eigenvalue weighted by Gasteiger charge is -2.11. The first kappa shape index (κ1) is 12.4. The highest BCUT2D eigenvalue weighted by atomic mass is 19.4. The Hall–Kier alpha value is -2.05. The van der Waals surface area contributed by atoms with Gasteiger partial charge in [0.25, 0.3) is 0 Å². The van der Waals surface area contributed by atoms with Crippen molar-refractivity contribution in [3.63, 3.8) is 0 Å². The second-order valence-electron chi connectivity index (χ2n) is 3.65. The zero-order valence-corrected chi connectivity index (χ0v) is 9.48. The predicted molar refractivity (Wildman–Crippen MR) is 57.6 cm³/mol. The number of imidazole rings is 1. The third kappa shape index (κ3) is 2.99. The molecule has 0 N–H and O–H groups in total. The van der Waals surface area contributed by atoms with Crippen LogP contribution in [0, 0.1) is 6.92 Å². The number of halogens is 3. The van der Waals surface area contributed by atoms with Gasteiger partial charge in [-0.05, 0) is 19.1 Å². The van der Waals surface area contributed by atoms with Gasteiger partial charge in [-0.2, -0.15) is 13.2 Å². The molecule has 0 radical (unpaired) electrons. The molecule has 0 atom stereocenters. The van der Waals surface area contributed by atoms with Gasteiger partial charge in [-0.3, -0.25) is 0 Å². The fourth-order valence-electron chi connectivity index (χ4n) is 1.39. The van der Waals surface area contributed by atoms with Crippen LogP contribution >= 0.6 is 0 Å². The average Bonchev–Trinajstić information content (AvgIpc) is 2.72. The van der Waals surface area contributed by atoms with E-state index in [1.165, 1.54) is 12.5 Å². The fourth-order valence-corrected chi connectivity index (χ4v) is 1.39. The van der Waals surface area contributed by atoms with Crippen LogP contribution < -0.4 is 4.74 Å². The molecule has 18 heavy (non-hydrogen) atoms. The van der Waals surface area contributed by atoms with Gasteiger partial charge in [0, 0.05) is 12.4 Å². The number of ether oxygens (including phenoxy) is 1. The second-order valence-corrected chi connectivity index (χ2v) is 3.65. The molecule has 2 rings (SSSR count). The molecule has 0 fully saturated rings. The molecule has 2 heterocycles. The zero-order valence-electron chi connectivity index (χ0n) is 9.48. The van der Waals surface area contributed by atoms with E-state index in [0.29, 0.717) is 5.69 Å². The summed E-state index contributed by atoms with van der Waals surface area (Å²) >= 11 is 0. The summed E-state index contributed by atoms with van der Waals surface area (Å²) in [6.07, 6.45) is 0.156. The maximum Gasteiger partial charge on any atom is 0.422 e. The standard InChI is InChI=1S/C11H10F3N3O/c1-8-5-17(7-16-8)9-3-2-4-15-10(9)18-6-11(12,13)14/h2-5,7H,6H2,1H3. The first-order valence-electron chi connectivity index (χ1n) is 5.11. The number of aryl methyl sites for hydroxylation is 1. The molecular weight excluding hydrogens is 247 g/mol. The normalized spacial score (nSPS) is 11.6. The topological polar surface area (TPSA) is 39.9 Å². The summed E-state index contributed by atoms with van der Waals surface area (Å²) in [5.74, 6) is -0.0766. The number of pyridine rings is 1.